The Morgan fingerprint density at radius 2 is 2.06 bits per heavy atom. The Hall–Kier alpha value is -1.82. The molecule has 0 saturated heterocycles. The Kier molecular flexibility index (Phi) is 5.22. The molecule has 0 aliphatic carbocycles. The van der Waals surface area contributed by atoms with Gasteiger partial charge in [0, 0.05) is 6.04 Å². The van der Waals surface area contributed by atoms with Gasteiger partial charge < -0.3 is 5.32 Å². The second kappa shape index (κ2) is 6.70. The second-order valence-electron chi connectivity index (χ2n) is 4.19. The molecule has 1 amide bonds. The van der Waals surface area contributed by atoms with Crippen molar-refractivity contribution in [2.75, 3.05) is 0 Å². The fourth-order valence-electron chi connectivity index (χ4n) is 1.49. The van der Waals surface area contributed by atoms with Crippen molar-refractivity contribution in [3.63, 3.8) is 0 Å². The van der Waals surface area contributed by atoms with E-state index in [1.165, 1.54) is 0 Å². The molecule has 1 aromatic carbocycles. The molecule has 3 heteroatoms. The summed E-state index contributed by atoms with van der Waals surface area (Å²) in [5.41, 5.74) is 1.01. The monoisotopic (exact) mass is 230 g/mol. The molecule has 90 valence electrons. The van der Waals surface area contributed by atoms with Gasteiger partial charge in [-0.1, -0.05) is 37.3 Å². The van der Waals surface area contributed by atoms with Gasteiger partial charge in [0.25, 0.3) is 0 Å². The van der Waals surface area contributed by atoms with Gasteiger partial charge in [0.05, 0.1) is 6.07 Å². The number of nitriles is 1. The summed E-state index contributed by atoms with van der Waals surface area (Å²) in [4.78, 5) is 11.8. The van der Waals surface area contributed by atoms with Crippen LogP contribution in [0.4, 0.5) is 0 Å². The zero-order valence-corrected chi connectivity index (χ0v) is 10.3. The maximum atomic E-state index is 11.8. The molecule has 0 aromatic heterocycles. The number of hydrogen-bond acceptors (Lipinski definition) is 2. The highest BCUT2D eigenvalue weighted by atomic mass is 16.1. The predicted octanol–water partition coefficient (Wildman–Crippen LogP) is 2.28. The van der Waals surface area contributed by atoms with Crippen LogP contribution >= 0.6 is 0 Å². The molecule has 1 N–H and O–H groups in total. The van der Waals surface area contributed by atoms with Crippen LogP contribution in [0.3, 0.4) is 0 Å². The minimum Gasteiger partial charge on any atom is -0.353 e. The largest absolute Gasteiger partial charge is 0.353 e. The Morgan fingerprint density at radius 3 is 2.59 bits per heavy atom. The molecule has 3 nitrogen and oxygen atoms in total. The van der Waals surface area contributed by atoms with Crippen molar-refractivity contribution in [2.45, 2.75) is 32.7 Å². The minimum atomic E-state index is -0.605. The van der Waals surface area contributed by atoms with Gasteiger partial charge >= 0.3 is 0 Å². The summed E-state index contributed by atoms with van der Waals surface area (Å²) in [5.74, 6) is -0.780. The summed E-state index contributed by atoms with van der Waals surface area (Å²) >= 11 is 0. The molecule has 0 radical (unpaired) electrons. The maximum Gasteiger partial charge on any atom is 0.237 e. The highest BCUT2D eigenvalue weighted by Crippen LogP contribution is 2.08. The quantitative estimate of drug-likeness (QED) is 0.843. The summed E-state index contributed by atoms with van der Waals surface area (Å²) in [7, 11) is 0. The number of benzene rings is 1. The van der Waals surface area contributed by atoms with Crippen LogP contribution in [0, 0.1) is 17.2 Å². The van der Waals surface area contributed by atoms with Crippen LogP contribution in [0.15, 0.2) is 30.3 Å². The van der Waals surface area contributed by atoms with Crippen molar-refractivity contribution in [1.82, 2.24) is 5.32 Å². The zero-order chi connectivity index (χ0) is 12.7. The van der Waals surface area contributed by atoms with Crippen molar-refractivity contribution >= 4 is 5.91 Å². The summed E-state index contributed by atoms with van der Waals surface area (Å²) in [6.07, 6.45) is 1.34. The van der Waals surface area contributed by atoms with Gasteiger partial charge in [0.15, 0.2) is 0 Å². The average Bonchev–Trinajstić information content (AvgIpc) is 2.36. The molecule has 0 fully saturated rings. The van der Waals surface area contributed by atoms with E-state index in [9.17, 15) is 4.79 Å². The molecular weight excluding hydrogens is 212 g/mol. The number of amides is 1. The van der Waals surface area contributed by atoms with E-state index < -0.39 is 5.92 Å². The van der Waals surface area contributed by atoms with Crippen LogP contribution in [0.25, 0.3) is 0 Å². The van der Waals surface area contributed by atoms with Gasteiger partial charge in [-0.05, 0) is 25.3 Å². The Morgan fingerprint density at radius 1 is 1.41 bits per heavy atom. The molecule has 2 unspecified atom stereocenters. The first-order valence-electron chi connectivity index (χ1n) is 5.91. The van der Waals surface area contributed by atoms with Crippen LogP contribution in [0.2, 0.25) is 0 Å². The van der Waals surface area contributed by atoms with Crippen LogP contribution in [0.1, 0.15) is 25.8 Å². The molecule has 2 atom stereocenters. The van der Waals surface area contributed by atoms with Crippen LogP contribution in [-0.2, 0) is 11.2 Å². The summed E-state index contributed by atoms with van der Waals surface area (Å²) in [6, 6.07) is 11.8. The number of hydrogen-bond donors (Lipinski definition) is 1. The van der Waals surface area contributed by atoms with E-state index >= 15 is 0 Å². The number of carbonyl (C=O) groups excluding carboxylic acids is 1. The van der Waals surface area contributed by atoms with Gasteiger partial charge in [-0.3, -0.25) is 4.79 Å². The molecule has 0 heterocycles. The van der Waals surface area contributed by atoms with E-state index in [4.69, 9.17) is 5.26 Å². The van der Waals surface area contributed by atoms with Gasteiger partial charge in [0.1, 0.15) is 5.92 Å². The first-order valence-corrected chi connectivity index (χ1v) is 5.91. The van der Waals surface area contributed by atoms with E-state index in [1.807, 2.05) is 44.2 Å². The normalized spacial score (nSPS) is 13.5. The van der Waals surface area contributed by atoms with Crippen molar-refractivity contribution in [1.29, 1.82) is 5.26 Å². The fraction of sp³-hybridized carbons (Fsp3) is 0.429. The third kappa shape index (κ3) is 4.28. The van der Waals surface area contributed by atoms with E-state index in [1.54, 1.807) is 0 Å². The lowest BCUT2D eigenvalue weighted by Crippen LogP contribution is -2.37. The van der Waals surface area contributed by atoms with Gasteiger partial charge in [-0.15, -0.1) is 0 Å². The van der Waals surface area contributed by atoms with Crippen LogP contribution < -0.4 is 5.32 Å². The van der Waals surface area contributed by atoms with Gasteiger partial charge in [-0.2, -0.15) is 5.26 Å². The fourth-order valence-corrected chi connectivity index (χ4v) is 1.49. The van der Waals surface area contributed by atoms with Crippen molar-refractivity contribution in [3.8, 4) is 6.07 Å². The predicted molar refractivity (Wildman–Crippen MR) is 67.1 cm³/mol. The van der Waals surface area contributed by atoms with Crippen molar-refractivity contribution in [2.24, 2.45) is 5.92 Å². The smallest absolute Gasteiger partial charge is 0.237 e. The number of nitrogens with zero attached hydrogens (tertiary/aromatic N) is 1. The third-order valence-corrected chi connectivity index (χ3v) is 2.76. The minimum absolute atomic E-state index is 0.120. The first kappa shape index (κ1) is 13.2. The van der Waals surface area contributed by atoms with Gasteiger partial charge in [-0.25, -0.2) is 0 Å². The number of rotatable bonds is 5. The highest BCUT2D eigenvalue weighted by Gasteiger charge is 2.19. The maximum absolute atomic E-state index is 11.8. The molecular formula is C14H18N2O. The number of carbonyl (C=O) groups is 1. The van der Waals surface area contributed by atoms with Gasteiger partial charge in [0.2, 0.25) is 5.91 Å². The SMILES string of the molecule is CCC(C)NC(=O)C(C#N)Cc1ccccc1. The van der Waals surface area contributed by atoms with E-state index in [2.05, 4.69) is 11.4 Å². The highest BCUT2D eigenvalue weighted by molar-refractivity contribution is 5.81. The second-order valence-corrected chi connectivity index (χ2v) is 4.19. The molecule has 17 heavy (non-hydrogen) atoms. The topological polar surface area (TPSA) is 52.9 Å². The van der Waals surface area contributed by atoms with Crippen LogP contribution in [-0.4, -0.2) is 11.9 Å². The van der Waals surface area contributed by atoms with Crippen LogP contribution in [0.5, 0.6) is 0 Å². The Labute approximate surface area is 102 Å². The molecule has 0 aliphatic rings. The van der Waals surface area contributed by atoms with E-state index in [-0.39, 0.29) is 11.9 Å². The molecule has 0 saturated carbocycles. The zero-order valence-electron chi connectivity index (χ0n) is 10.3. The molecule has 0 bridgehead atoms. The lowest BCUT2D eigenvalue weighted by Gasteiger charge is -2.14. The number of nitrogens with one attached hydrogen (secondary N) is 1. The summed E-state index contributed by atoms with van der Waals surface area (Å²) < 4.78 is 0. The molecule has 0 aliphatic heterocycles. The van der Waals surface area contributed by atoms with Crippen molar-refractivity contribution < 1.29 is 4.79 Å². The van der Waals surface area contributed by atoms with Crippen molar-refractivity contribution in [3.05, 3.63) is 35.9 Å². The summed E-state index contributed by atoms with van der Waals surface area (Å²) in [5, 5.41) is 11.9. The third-order valence-electron chi connectivity index (χ3n) is 2.76. The standard InChI is InChI=1S/C14H18N2O/c1-3-11(2)16-14(17)13(10-15)9-12-7-5-4-6-8-12/h4-8,11,13H,3,9H2,1-2H3,(H,16,17). The Balaban J connectivity index is 2.61. The average molecular weight is 230 g/mol. The first-order chi connectivity index (χ1) is 8.17. The summed E-state index contributed by atoms with van der Waals surface area (Å²) in [6.45, 7) is 3.94. The van der Waals surface area contributed by atoms with E-state index in [0.717, 1.165) is 12.0 Å². The van der Waals surface area contributed by atoms with E-state index in [0.29, 0.717) is 6.42 Å². The Bertz CT molecular complexity index is 394. The molecule has 1 rings (SSSR count). The lowest BCUT2D eigenvalue weighted by molar-refractivity contribution is -0.124. The molecule has 1 aromatic rings. The molecule has 0 spiro atoms. The lowest BCUT2D eigenvalue weighted by atomic mass is 9.99.